The summed E-state index contributed by atoms with van der Waals surface area (Å²) in [6.07, 6.45) is 0.281. The Hall–Kier alpha value is -2.50. The second kappa shape index (κ2) is 8.86. The first kappa shape index (κ1) is 24.2. The molecule has 2 heterocycles. The summed E-state index contributed by atoms with van der Waals surface area (Å²) in [6, 6.07) is 5.79. The molecule has 1 aliphatic carbocycles. The number of amides is 1. The van der Waals surface area contributed by atoms with Gasteiger partial charge in [0.25, 0.3) is 5.91 Å². The van der Waals surface area contributed by atoms with Gasteiger partial charge in [0.2, 0.25) is 5.00 Å². The van der Waals surface area contributed by atoms with Gasteiger partial charge in [0, 0.05) is 30.6 Å². The lowest BCUT2D eigenvalue weighted by atomic mass is 9.95. The molecule has 35 heavy (non-hydrogen) atoms. The molecule has 2 saturated heterocycles. The van der Waals surface area contributed by atoms with E-state index in [4.69, 9.17) is 9.52 Å². The highest BCUT2D eigenvalue weighted by Crippen LogP contribution is 2.45. The lowest BCUT2D eigenvalue weighted by Gasteiger charge is -2.35. The largest absolute Gasteiger partial charge is 0.368 e. The number of benzene rings is 2. The summed E-state index contributed by atoms with van der Waals surface area (Å²) in [5.41, 5.74) is 0.200. The Kier molecular flexibility index (Phi) is 6.13. The van der Waals surface area contributed by atoms with E-state index in [9.17, 15) is 22.2 Å². The highest BCUT2D eigenvalue weighted by atomic mass is 32.2. The fraction of sp³-hybridized carbons (Fsp3) is 0.458. The van der Waals surface area contributed by atoms with Gasteiger partial charge in [0.1, 0.15) is 33.5 Å². The molecule has 188 valence electrons. The molecule has 5 rings (SSSR count). The van der Waals surface area contributed by atoms with E-state index in [2.05, 4.69) is 4.72 Å². The molecule has 1 unspecified atom stereocenters. The van der Waals surface area contributed by atoms with Crippen molar-refractivity contribution in [1.29, 1.82) is 4.78 Å². The smallest absolute Gasteiger partial charge is 0.252 e. The number of nitrogens with one attached hydrogen (secondary N) is 2. The summed E-state index contributed by atoms with van der Waals surface area (Å²) < 4.78 is 86.4. The van der Waals surface area contributed by atoms with Crippen LogP contribution in [0.2, 0.25) is 0 Å². The van der Waals surface area contributed by atoms with Gasteiger partial charge >= 0.3 is 0 Å². The highest BCUT2D eigenvalue weighted by molar-refractivity contribution is 7.92. The first-order chi connectivity index (χ1) is 16.6. The zero-order valence-corrected chi connectivity index (χ0v) is 19.6. The molecule has 3 aliphatic rings. The molecule has 1 amide bonds. The Morgan fingerprint density at radius 3 is 2.46 bits per heavy atom. The maximum absolute atomic E-state index is 15.6. The van der Waals surface area contributed by atoms with Crippen LogP contribution in [0.1, 0.15) is 31.2 Å². The van der Waals surface area contributed by atoms with Gasteiger partial charge < -0.3 is 9.64 Å². The van der Waals surface area contributed by atoms with Crippen molar-refractivity contribution in [3.8, 4) is 11.1 Å². The Labute approximate surface area is 200 Å². The van der Waals surface area contributed by atoms with Gasteiger partial charge in [-0.05, 0) is 48.9 Å². The number of likely N-dealkylation sites (tertiary alicyclic amines) is 1. The maximum atomic E-state index is 15.6. The Morgan fingerprint density at radius 1 is 1.17 bits per heavy atom. The van der Waals surface area contributed by atoms with Crippen LogP contribution in [0.25, 0.3) is 11.1 Å². The first-order valence-corrected chi connectivity index (χ1v) is 13.0. The average Bonchev–Trinajstić information content (AvgIpc) is 3.40. The molecule has 2 aliphatic heterocycles. The molecule has 11 heteroatoms. The third kappa shape index (κ3) is 4.56. The molecule has 0 spiro atoms. The second-order valence-corrected chi connectivity index (χ2v) is 11.4. The first-order valence-electron chi connectivity index (χ1n) is 11.5. The summed E-state index contributed by atoms with van der Waals surface area (Å²) in [4.78, 5) is 14.5. The fourth-order valence-electron chi connectivity index (χ4n) is 4.73. The van der Waals surface area contributed by atoms with E-state index in [1.165, 1.54) is 17.0 Å². The lowest BCUT2D eigenvalue weighted by molar-refractivity contribution is -0.157. The van der Waals surface area contributed by atoms with Crippen molar-refractivity contribution in [1.82, 2.24) is 9.62 Å². The minimum absolute atomic E-state index is 0.00594. The van der Waals surface area contributed by atoms with Crippen LogP contribution < -0.4 is 4.72 Å². The lowest BCUT2D eigenvalue weighted by Crippen LogP contribution is -2.53. The predicted octanol–water partition coefficient (Wildman–Crippen LogP) is 4.08. The van der Waals surface area contributed by atoms with Crippen LogP contribution in [0.4, 0.5) is 17.6 Å². The number of hydrogen-bond acceptors (Lipinski definition) is 4. The van der Waals surface area contributed by atoms with Crippen molar-refractivity contribution in [3.05, 3.63) is 59.4 Å². The van der Waals surface area contributed by atoms with Crippen molar-refractivity contribution in [2.45, 2.75) is 55.3 Å². The number of halogens is 4. The zero-order valence-electron chi connectivity index (χ0n) is 18.7. The van der Waals surface area contributed by atoms with Crippen molar-refractivity contribution < 1.29 is 31.3 Å². The van der Waals surface area contributed by atoms with E-state index in [1.807, 2.05) is 0 Å². The van der Waals surface area contributed by atoms with Gasteiger partial charge in [-0.3, -0.25) is 4.79 Å². The van der Waals surface area contributed by atoms with Crippen LogP contribution >= 0.6 is 0 Å². The summed E-state index contributed by atoms with van der Waals surface area (Å²) in [5.74, 6) is -2.67. The highest BCUT2D eigenvalue weighted by Gasteiger charge is 2.55. The molecule has 0 radical (unpaired) electrons. The van der Waals surface area contributed by atoms with E-state index in [1.54, 1.807) is 6.07 Å². The molecule has 2 aromatic rings. The SMILES string of the molecule is N=S(=O)(N[C@H]1CCN(C(=O)[C@H]2CCO2)[C@H]1Cc1cccc(-c2cc(F)cc(F)c2)c1F)C1(F)CC1. The number of alkyl halides is 1. The van der Waals surface area contributed by atoms with Crippen LogP contribution in [-0.2, 0) is 25.9 Å². The molecule has 1 saturated carbocycles. The van der Waals surface area contributed by atoms with E-state index in [-0.39, 0.29) is 48.4 Å². The fourth-order valence-corrected chi connectivity index (χ4v) is 6.32. The topological polar surface area (TPSA) is 82.5 Å². The van der Waals surface area contributed by atoms with Gasteiger partial charge in [0.05, 0.1) is 12.6 Å². The number of hydrogen-bond donors (Lipinski definition) is 2. The predicted molar refractivity (Wildman–Crippen MR) is 121 cm³/mol. The van der Waals surface area contributed by atoms with E-state index in [0.29, 0.717) is 25.5 Å². The molecule has 3 fully saturated rings. The summed E-state index contributed by atoms with van der Waals surface area (Å²) in [7, 11) is -3.79. The van der Waals surface area contributed by atoms with Crippen molar-refractivity contribution in [2.24, 2.45) is 0 Å². The number of rotatable bonds is 7. The average molecular weight is 512 g/mol. The van der Waals surface area contributed by atoms with Crippen LogP contribution in [0, 0.1) is 22.2 Å². The van der Waals surface area contributed by atoms with Gasteiger partial charge in [-0.1, -0.05) is 18.2 Å². The van der Waals surface area contributed by atoms with Gasteiger partial charge in [-0.15, -0.1) is 0 Å². The van der Waals surface area contributed by atoms with Crippen molar-refractivity contribution in [3.63, 3.8) is 0 Å². The van der Waals surface area contributed by atoms with Gasteiger partial charge in [-0.25, -0.2) is 31.3 Å². The number of ether oxygens (including phenoxy) is 1. The zero-order chi connectivity index (χ0) is 25.0. The Bertz CT molecular complexity index is 1240. The molecule has 0 bridgehead atoms. The minimum Gasteiger partial charge on any atom is -0.368 e. The number of carbonyl (C=O) groups excluding carboxylic acids is 1. The van der Waals surface area contributed by atoms with Crippen LogP contribution in [-0.4, -0.2) is 51.4 Å². The Balaban J connectivity index is 1.46. The summed E-state index contributed by atoms with van der Waals surface area (Å²) in [5, 5.41) is -2.10. The normalized spacial score (nSPS) is 26.7. The van der Waals surface area contributed by atoms with Crippen molar-refractivity contribution >= 4 is 15.8 Å². The third-order valence-corrected chi connectivity index (χ3v) is 9.03. The van der Waals surface area contributed by atoms with Crippen LogP contribution in [0.3, 0.4) is 0 Å². The minimum atomic E-state index is -3.79. The standard InChI is InChI=1S/C24H25F4N3O3S/c25-16-10-15(11-17(26)13-16)18-3-1-2-14(22(18)27)12-20-19(30-35(29,33)24(28)6-7-24)4-8-31(20)23(32)21-5-9-34-21/h1-3,10-11,13,19-21H,4-9,12H2,(H2,29,30,33)/t19-,20-,21+,35?/m0/s1. The molecule has 2 aromatic carbocycles. The van der Waals surface area contributed by atoms with E-state index in [0.717, 1.165) is 12.1 Å². The second-order valence-electron chi connectivity index (χ2n) is 9.34. The summed E-state index contributed by atoms with van der Waals surface area (Å²) >= 11 is 0. The number of nitrogens with zero attached hydrogens (tertiary/aromatic N) is 1. The van der Waals surface area contributed by atoms with E-state index >= 15 is 4.39 Å². The van der Waals surface area contributed by atoms with Crippen molar-refractivity contribution in [2.75, 3.05) is 13.2 Å². The quantitative estimate of drug-likeness (QED) is 0.550. The summed E-state index contributed by atoms with van der Waals surface area (Å²) in [6.45, 7) is 0.717. The van der Waals surface area contributed by atoms with Crippen LogP contribution in [0.15, 0.2) is 36.4 Å². The monoisotopic (exact) mass is 511 g/mol. The third-order valence-electron chi connectivity index (χ3n) is 6.96. The van der Waals surface area contributed by atoms with Crippen LogP contribution in [0.5, 0.6) is 0 Å². The number of carbonyl (C=O) groups is 1. The molecule has 6 nitrogen and oxygen atoms in total. The molecule has 0 aromatic heterocycles. The molecular formula is C24H25F4N3O3S. The molecule has 2 N–H and O–H groups in total. The van der Waals surface area contributed by atoms with Gasteiger partial charge in [-0.2, -0.15) is 0 Å². The van der Waals surface area contributed by atoms with Gasteiger partial charge in [0.15, 0.2) is 0 Å². The molecule has 4 atom stereocenters. The molecular weight excluding hydrogens is 486 g/mol. The maximum Gasteiger partial charge on any atom is 0.252 e. The Morgan fingerprint density at radius 2 is 1.86 bits per heavy atom. The van der Waals surface area contributed by atoms with E-state index < -0.39 is 50.6 Å².